The molecule has 13 nitrogen and oxygen atoms in total. The van der Waals surface area contributed by atoms with E-state index in [1.54, 1.807) is 9.47 Å². The Balaban J connectivity index is 0.000000184. The Hall–Kier alpha value is -8.26. The Morgan fingerprint density at radius 2 is 1.04 bits per heavy atom. The lowest BCUT2D eigenvalue weighted by Crippen LogP contribution is -2.59. The SMILES string of the molecule is Cn1c(=O)n(C2CCN(C(=O)O)[C@H](N(Cc3ccccc3)Cc3ccccc3)C2CCCc2ccccc2)c2ccccc21.O=C(CCCN(Cc1ccccc1)Cc1ccccc1)N1CCC(n2c(=O)[nH]c3ccccc32)CC1. The van der Waals surface area contributed by atoms with Gasteiger partial charge in [0.25, 0.3) is 0 Å². The van der Waals surface area contributed by atoms with E-state index >= 15 is 0 Å². The van der Waals surface area contributed by atoms with Crippen molar-refractivity contribution in [3.05, 3.63) is 249 Å². The molecule has 2 amide bonds. The third-order valence-electron chi connectivity index (χ3n) is 16.3. The number of rotatable bonds is 19. The first-order valence-electron chi connectivity index (χ1n) is 28.5. The fourth-order valence-corrected chi connectivity index (χ4v) is 12.4. The van der Waals surface area contributed by atoms with Crippen LogP contribution in [0.2, 0.25) is 0 Å². The van der Waals surface area contributed by atoms with Crippen LogP contribution in [0.5, 0.6) is 0 Å². The zero-order valence-corrected chi connectivity index (χ0v) is 45.9. The van der Waals surface area contributed by atoms with Crippen LogP contribution in [-0.2, 0) is 44.4 Å². The van der Waals surface area contributed by atoms with E-state index < -0.39 is 12.3 Å². The summed E-state index contributed by atoms with van der Waals surface area (Å²) in [6, 6.07) is 67.7. The largest absolute Gasteiger partial charge is 0.465 e. The second-order valence-corrected chi connectivity index (χ2v) is 21.6. The van der Waals surface area contributed by atoms with Crippen LogP contribution in [0.25, 0.3) is 22.1 Å². The van der Waals surface area contributed by atoms with Crippen LogP contribution in [0, 0.1) is 5.92 Å². The lowest BCUT2D eigenvalue weighted by molar-refractivity contribution is -0.132. The van der Waals surface area contributed by atoms with Gasteiger partial charge in [-0.15, -0.1) is 0 Å². The van der Waals surface area contributed by atoms with Crippen LogP contribution in [-0.4, -0.2) is 87.7 Å². The molecule has 0 bridgehead atoms. The normalized spacial score (nSPS) is 16.8. The number of aryl methyl sites for hydroxylation is 2. The van der Waals surface area contributed by atoms with Gasteiger partial charge in [-0.05, 0) is 104 Å². The number of imidazole rings is 2. The maximum absolute atomic E-state index is 13.9. The summed E-state index contributed by atoms with van der Waals surface area (Å²) in [7, 11) is 1.83. The summed E-state index contributed by atoms with van der Waals surface area (Å²) in [6.07, 6.45) is 4.80. The van der Waals surface area contributed by atoms with Crippen molar-refractivity contribution < 1.29 is 14.7 Å². The number of para-hydroxylation sites is 4. The van der Waals surface area contributed by atoms with E-state index in [9.17, 15) is 24.3 Å². The lowest BCUT2D eigenvalue weighted by Gasteiger charge is -2.49. The van der Waals surface area contributed by atoms with E-state index in [2.05, 4.69) is 112 Å². The van der Waals surface area contributed by atoms with Gasteiger partial charge in [0.05, 0.1) is 28.2 Å². The van der Waals surface area contributed by atoms with E-state index in [0.29, 0.717) is 45.6 Å². The van der Waals surface area contributed by atoms with Crippen LogP contribution in [0.1, 0.15) is 84.8 Å². The van der Waals surface area contributed by atoms with Gasteiger partial charge < -0.3 is 15.0 Å². The zero-order chi connectivity index (χ0) is 55.2. The maximum atomic E-state index is 13.9. The molecule has 2 saturated heterocycles. The van der Waals surface area contributed by atoms with Crippen LogP contribution < -0.4 is 11.4 Å². The summed E-state index contributed by atoms with van der Waals surface area (Å²) in [4.78, 5) is 63.7. The predicted octanol–water partition coefficient (Wildman–Crippen LogP) is 11.9. The summed E-state index contributed by atoms with van der Waals surface area (Å²) in [5, 5.41) is 10.6. The first-order chi connectivity index (χ1) is 39.2. The molecule has 0 aliphatic carbocycles. The minimum absolute atomic E-state index is 0.0514. The molecule has 2 fully saturated rings. The first kappa shape index (κ1) is 55.1. The monoisotopic (exact) mass is 1070 g/mol. The highest BCUT2D eigenvalue weighted by Crippen LogP contribution is 2.40. The van der Waals surface area contributed by atoms with Gasteiger partial charge in [-0.1, -0.05) is 176 Å². The minimum Gasteiger partial charge on any atom is -0.465 e. The number of hydrogen-bond acceptors (Lipinski definition) is 6. The number of hydrogen-bond donors (Lipinski definition) is 2. The van der Waals surface area contributed by atoms with Gasteiger partial charge >= 0.3 is 17.5 Å². The number of amides is 2. The lowest BCUT2D eigenvalue weighted by atomic mass is 9.83. The molecule has 2 aromatic heterocycles. The number of carbonyl (C=O) groups excluding carboxylic acids is 1. The third kappa shape index (κ3) is 13.4. The topological polar surface area (TPSA) is 132 Å². The average Bonchev–Trinajstić information content (AvgIpc) is 4.03. The molecule has 7 aromatic carbocycles. The molecule has 9 aromatic rings. The number of fused-ring (bicyclic) bond motifs is 2. The van der Waals surface area contributed by atoms with Crippen LogP contribution in [0.15, 0.2) is 210 Å². The Morgan fingerprint density at radius 3 is 1.59 bits per heavy atom. The van der Waals surface area contributed by atoms with E-state index in [1.165, 1.54) is 16.7 Å². The van der Waals surface area contributed by atoms with Gasteiger partial charge in [-0.2, -0.15) is 0 Å². The van der Waals surface area contributed by atoms with Gasteiger partial charge in [-0.25, -0.2) is 14.4 Å². The van der Waals surface area contributed by atoms with E-state index in [0.717, 1.165) is 91.4 Å². The smallest absolute Gasteiger partial charge is 0.408 e. The van der Waals surface area contributed by atoms with Crippen molar-refractivity contribution in [2.45, 2.75) is 95.8 Å². The summed E-state index contributed by atoms with van der Waals surface area (Å²) >= 11 is 0. The number of H-pyrrole nitrogens is 1. The minimum atomic E-state index is -0.919. The molecule has 0 saturated carbocycles. The molecular weight excluding hydrogens is 997 g/mol. The molecule has 0 spiro atoms. The summed E-state index contributed by atoms with van der Waals surface area (Å²) in [5.74, 6) is 0.110. The van der Waals surface area contributed by atoms with E-state index in [1.807, 2.05) is 124 Å². The molecule has 0 radical (unpaired) electrons. The number of aromatic nitrogens is 4. The van der Waals surface area contributed by atoms with Gasteiger partial charge in [0.15, 0.2) is 0 Å². The second kappa shape index (κ2) is 26.6. The Morgan fingerprint density at radius 1 is 0.550 bits per heavy atom. The van der Waals surface area contributed by atoms with E-state index in [4.69, 9.17) is 0 Å². The number of nitrogens with zero attached hydrogens (tertiary/aromatic N) is 7. The first-order valence-corrected chi connectivity index (χ1v) is 28.5. The van der Waals surface area contributed by atoms with Gasteiger partial charge in [0.2, 0.25) is 5.91 Å². The Labute approximate surface area is 468 Å². The van der Waals surface area contributed by atoms with Crippen LogP contribution in [0.4, 0.5) is 4.79 Å². The fraction of sp³-hybridized carbons (Fsp3) is 0.313. The quantitative estimate of drug-likeness (QED) is 0.0824. The average molecular weight is 1070 g/mol. The van der Waals surface area contributed by atoms with Crippen molar-refractivity contribution >= 4 is 34.1 Å². The third-order valence-corrected chi connectivity index (χ3v) is 16.3. The van der Waals surface area contributed by atoms with Crippen molar-refractivity contribution in [2.24, 2.45) is 13.0 Å². The molecular formula is C67H74N8O5. The van der Waals surface area contributed by atoms with Crippen LogP contribution >= 0.6 is 0 Å². The van der Waals surface area contributed by atoms with Gasteiger partial charge in [0.1, 0.15) is 0 Å². The van der Waals surface area contributed by atoms with Crippen LogP contribution in [0.3, 0.4) is 0 Å². The molecule has 2 aliphatic heterocycles. The number of aromatic amines is 1. The fourth-order valence-electron chi connectivity index (χ4n) is 12.4. The number of nitrogens with one attached hydrogen (secondary N) is 1. The summed E-state index contributed by atoms with van der Waals surface area (Å²) < 4.78 is 5.56. The van der Waals surface area contributed by atoms with Gasteiger partial charge in [0, 0.05) is 77.3 Å². The van der Waals surface area contributed by atoms with E-state index in [-0.39, 0.29) is 35.3 Å². The number of benzene rings is 7. The van der Waals surface area contributed by atoms with Crippen molar-refractivity contribution in [1.82, 2.24) is 38.3 Å². The molecule has 412 valence electrons. The molecule has 2 aliphatic rings. The standard InChI is InChI=1S/C37H40N4O3.C30H34N4O2/c1-38-33-22-11-12-23-34(33)41(36(38)42)32-24-25-40(37(43)44)35(31(32)21-13-20-28-14-5-2-6-15-28)39(26-29-16-7-3-8-17-29)27-30-18-9-4-10-19-30;35-29(33-20-17-26(18-21-33)34-28-15-8-7-14-27(28)31-30(34)36)16-9-19-32(22-24-10-3-1-4-11-24)23-25-12-5-2-6-13-25/h2-12,14-19,22-23,31-32,35H,13,20-21,24-27H2,1H3,(H,43,44);1-8,10-15,26H,9,16-23H2,(H,31,36)/t31?,32?,35-;/m0./s1. The molecule has 80 heavy (non-hydrogen) atoms. The molecule has 11 rings (SSSR count). The Bertz CT molecular complexity index is 3440. The number of piperidine rings is 2. The number of likely N-dealkylation sites (tertiary alicyclic amines) is 2. The maximum Gasteiger partial charge on any atom is 0.408 e. The summed E-state index contributed by atoms with van der Waals surface area (Å²) in [5.41, 5.74) is 9.59. The van der Waals surface area contributed by atoms with Crippen molar-refractivity contribution in [2.75, 3.05) is 26.2 Å². The molecule has 2 N–H and O–H groups in total. The summed E-state index contributed by atoms with van der Waals surface area (Å²) in [6.45, 7) is 5.56. The van der Waals surface area contributed by atoms with Crippen molar-refractivity contribution in [3.8, 4) is 0 Å². The Kier molecular flexibility index (Phi) is 18.3. The molecule has 2 unspecified atom stereocenters. The number of carbonyl (C=O) groups is 2. The molecule has 4 heterocycles. The van der Waals surface area contributed by atoms with Crippen molar-refractivity contribution in [1.29, 1.82) is 0 Å². The van der Waals surface area contributed by atoms with Crippen molar-refractivity contribution in [3.63, 3.8) is 0 Å². The highest BCUT2D eigenvalue weighted by molar-refractivity contribution is 5.77. The molecule has 3 atom stereocenters. The zero-order valence-electron chi connectivity index (χ0n) is 45.9. The predicted molar refractivity (Wildman–Crippen MR) is 318 cm³/mol. The molecule has 13 heteroatoms. The highest BCUT2D eigenvalue weighted by atomic mass is 16.4. The van der Waals surface area contributed by atoms with Gasteiger partial charge in [-0.3, -0.25) is 33.2 Å². The number of carboxylic acid groups (broad SMARTS) is 1. The second-order valence-electron chi connectivity index (χ2n) is 21.6. The highest BCUT2D eigenvalue weighted by Gasteiger charge is 2.45.